The lowest BCUT2D eigenvalue weighted by Crippen LogP contribution is -2.49. The van der Waals surface area contributed by atoms with Crippen molar-refractivity contribution in [1.29, 1.82) is 0 Å². The van der Waals surface area contributed by atoms with Crippen LogP contribution in [0.2, 0.25) is 5.02 Å². The largest absolute Gasteiger partial charge is 0.458 e. The number of hydrogen-bond donors (Lipinski definition) is 2. The molecule has 1 aromatic carbocycles. The summed E-state index contributed by atoms with van der Waals surface area (Å²) in [7, 11) is 0. The Kier molecular flexibility index (Phi) is 4.61. The van der Waals surface area contributed by atoms with Gasteiger partial charge in [0.1, 0.15) is 28.6 Å². The molecule has 1 saturated heterocycles. The first-order valence-electron chi connectivity index (χ1n) is 9.29. The van der Waals surface area contributed by atoms with Gasteiger partial charge in [-0.05, 0) is 24.3 Å². The van der Waals surface area contributed by atoms with Gasteiger partial charge in [-0.2, -0.15) is 5.10 Å². The first-order valence-corrected chi connectivity index (χ1v) is 9.66. The molecule has 0 spiro atoms. The maximum absolute atomic E-state index is 12.6. The summed E-state index contributed by atoms with van der Waals surface area (Å²) in [6.07, 6.45) is 4.61. The number of nitrogens with one attached hydrogen (secondary N) is 2. The molecule has 30 heavy (non-hydrogen) atoms. The maximum atomic E-state index is 12.6. The smallest absolute Gasteiger partial charge is 0.342 e. The number of fused-ring (bicyclic) bond motifs is 2. The lowest BCUT2D eigenvalue weighted by atomic mass is 10.1. The van der Waals surface area contributed by atoms with Crippen LogP contribution in [0.4, 0.5) is 0 Å². The zero-order valence-electron chi connectivity index (χ0n) is 15.6. The molecule has 0 radical (unpaired) electrons. The number of benzene rings is 1. The zero-order valence-corrected chi connectivity index (χ0v) is 16.3. The highest BCUT2D eigenvalue weighted by Crippen LogP contribution is 2.28. The van der Waals surface area contributed by atoms with Gasteiger partial charge in [0, 0.05) is 35.9 Å². The van der Waals surface area contributed by atoms with E-state index in [0.717, 1.165) is 0 Å². The van der Waals surface area contributed by atoms with E-state index in [1.54, 1.807) is 30.6 Å². The van der Waals surface area contributed by atoms with Gasteiger partial charge in [-0.25, -0.2) is 14.3 Å². The fourth-order valence-corrected chi connectivity index (χ4v) is 3.45. The van der Waals surface area contributed by atoms with Crippen molar-refractivity contribution in [2.45, 2.75) is 12.6 Å². The topological polar surface area (TPSA) is 111 Å². The van der Waals surface area contributed by atoms with Crippen LogP contribution < -0.4 is 10.6 Å². The molecule has 5 rings (SSSR count). The van der Waals surface area contributed by atoms with E-state index in [9.17, 15) is 9.59 Å². The summed E-state index contributed by atoms with van der Waals surface area (Å²) in [5.41, 5.74) is 1.45. The number of aromatic nitrogens is 3. The van der Waals surface area contributed by atoms with E-state index >= 15 is 0 Å². The van der Waals surface area contributed by atoms with Crippen molar-refractivity contribution in [3.05, 3.63) is 64.8 Å². The predicted octanol–water partition coefficient (Wildman–Crippen LogP) is 2.19. The quantitative estimate of drug-likeness (QED) is 0.471. The minimum atomic E-state index is -0.489. The van der Waals surface area contributed by atoms with Gasteiger partial charge >= 0.3 is 5.97 Å². The van der Waals surface area contributed by atoms with Gasteiger partial charge in [0.25, 0.3) is 5.91 Å². The average molecular weight is 426 g/mol. The highest BCUT2D eigenvalue weighted by Gasteiger charge is 2.25. The molecule has 0 bridgehead atoms. The van der Waals surface area contributed by atoms with E-state index in [2.05, 4.69) is 20.7 Å². The van der Waals surface area contributed by atoms with Crippen molar-refractivity contribution in [3.63, 3.8) is 0 Å². The molecule has 4 heterocycles. The van der Waals surface area contributed by atoms with Crippen molar-refractivity contribution in [1.82, 2.24) is 25.2 Å². The third-order valence-electron chi connectivity index (χ3n) is 4.82. The highest BCUT2D eigenvalue weighted by molar-refractivity contribution is 6.32. The molecule has 0 aliphatic carbocycles. The van der Waals surface area contributed by atoms with Gasteiger partial charge in [-0.3, -0.25) is 4.79 Å². The number of furan rings is 1. The number of rotatable bonds is 5. The monoisotopic (exact) mass is 425 g/mol. The number of amides is 1. The molecule has 1 aliphatic rings. The fourth-order valence-electron chi connectivity index (χ4n) is 3.22. The first kappa shape index (κ1) is 18.6. The number of halogens is 1. The van der Waals surface area contributed by atoms with Crippen molar-refractivity contribution in [2.75, 3.05) is 13.1 Å². The SMILES string of the molecule is O=C(OC1CNC1)c1cc(Cl)cc2cc(CNC(=O)c3cnn4cccnc34)oc12. The number of nitrogens with zero attached hydrogens (tertiary/aromatic N) is 3. The molecule has 1 amide bonds. The first-order chi connectivity index (χ1) is 14.6. The molecule has 152 valence electrons. The predicted molar refractivity (Wildman–Crippen MR) is 107 cm³/mol. The Balaban J connectivity index is 1.36. The van der Waals surface area contributed by atoms with Gasteiger partial charge in [0.05, 0.1) is 12.7 Å². The minimum absolute atomic E-state index is 0.121. The van der Waals surface area contributed by atoms with Crippen LogP contribution in [0.3, 0.4) is 0 Å². The molecular formula is C20H16ClN5O4. The summed E-state index contributed by atoms with van der Waals surface area (Å²) in [5.74, 6) is -0.347. The van der Waals surface area contributed by atoms with Crippen LogP contribution in [-0.2, 0) is 11.3 Å². The van der Waals surface area contributed by atoms with Crippen LogP contribution >= 0.6 is 11.6 Å². The van der Waals surface area contributed by atoms with Crippen LogP contribution in [0, 0.1) is 0 Å². The summed E-state index contributed by atoms with van der Waals surface area (Å²) in [4.78, 5) is 29.2. The number of esters is 1. The highest BCUT2D eigenvalue weighted by atomic mass is 35.5. The van der Waals surface area contributed by atoms with E-state index in [4.69, 9.17) is 20.8 Å². The van der Waals surface area contributed by atoms with Gasteiger partial charge in [-0.1, -0.05) is 11.6 Å². The lowest BCUT2D eigenvalue weighted by Gasteiger charge is -2.26. The van der Waals surface area contributed by atoms with Crippen molar-refractivity contribution in [2.24, 2.45) is 0 Å². The molecule has 9 nitrogen and oxygen atoms in total. The normalized spacial score (nSPS) is 14.0. The summed E-state index contributed by atoms with van der Waals surface area (Å²) in [6.45, 7) is 1.38. The van der Waals surface area contributed by atoms with Crippen LogP contribution in [-0.4, -0.2) is 45.7 Å². The third kappa shape index (κ3) is 3.38. The van der Waals surface area contributed by atoms with Crippen LogP contribution in [0.15, 0.2) is 47.3 Å². The standard InChI is InChI=1S/C20H16ClN5O4/c21-12-4-11-5-13(29-17(11)15(6-12)20(28)30-14-7-22-8-14)9-24-19(27)16-10-25-26-3-1-2-23-18(16)26/h1-6,10,14,22H,7-9H2,(H,24,27). The minimum Gasteiger partial charge on any atom is -0.458 e. The van der Waals surface area contributed by atoms with E-state index in [1.165, 1.54) is 16.8 Å². The molecule has 1 aliphatic heterocycles. The molecule has 3 aromatic heterocycles. The van der Waals surface area contributed by atoms with Gasteiger partial charge in [0.15, 0.2) is 5.65 Å². The summed E-state index contributed by atoms with van der Waals surface area (Å²) in [5, 5.41) is 11.0. The van der Waals surface area contributed by atoms with Gasteiger partial charge < -0.3 is 19.8 Å². The Hall–Kier alpha value is -3.43. The second-order valence-electron chi connectivity index (χ2n) is 6.90. The number of ether oxygens (including phenoxy) is 1. The number of carbonyl (C=O) groups excluding carboxylic acids is 2. The van der Waals surface area contributed by atoms with E-state index < -0.39 is 5.97 Å². The molecule has 0 atom stereocenters. The Morgan fingerprint density at radius 1 is 1.30 bits per heavy atom. The number of hydrogen-bond acceptors (Lipinski definition) is 7. The summed E-state index contributed by atoms with van der Waals surface area (Å²) >= 11 is 6.16. The average Bonchev–Trinajstić information content (AvgIpc) is 3.32. The fraction of sp³-hybridized carbons (Fsp3) is 0.200. The third-order valence-corrected chi connectivity index (χ3v) is 5.04. The summed E-state index contributed by atoms with van der Waals surface area (Å²) < 4.78 is 12.8. The second-order valence-corrected chi connectivity index (χ2v) is 7.34. The van der Waals surface area contributed by atoms with Crippen LogP contribution in [0.5, 0.6) is 0 Å². The second kappa shape index (κ2) is 7.43. The molecule has 4 aromatic rings. The Morgan fingerprint density at radius 2 is 2.17 bits per heavy atom. The Morgan fingerprint density at radius 3 is 2.97 bits per heavy atom. The molecule has 1 fully saturated rings. The lowest BCUT2D eigenvalue weighted by molar-refractivity contribution is 0.0170. The zero-order chi connectivity index (χ0) is 20.7. The number of carbonyl (C=O) groups is 2. The molecule has 0 saturated carbocycles. The Labute approximate surface area is 175 Å². The molecule has 0 unspecified atom stereocenters. The van der Waals surface area contributed by atoms with E-state index in [1.807, 2.05) is 0 Å². The van der Waals surface area contributed by atoms with Gasteiger partial charge in [0.2, 0.25) is 0 Å². The summed E-state index contributed by atoms with van der Waals surface area (Å²) in [6, 6.07) is 6.68. The van der Waals surface area contributed by atoms with Crippen LogP contribution in [0.1, 0.15) is 26.5 Å². The van der Waals surface area contributed by atoms with Crippen LogP contribution in [0.25, 0.3) is 16.6 Å². The molecular weight excluding hydrogens is 410 g/mol. The van der Waals surface area contributed by atoms with Gasteiger partial charge in [-0.15, -0.1) is 0 Å². The maximum Gasteiger partial charge on any atom is 0.342 e. The van der Waals surface area contributed by atoms with Crippen molar-refractivity contribution >= 4 is 40.1 Å². The van der Waals surface area contributed by atoms with E-state index in [0.29, 0.717) is 46.1 Å². The van der Waals surface area contributed by atoms with Crippen molar-refractivity contribution in [3.8, 4) is 0 Å². The Bertz CT molecular complexity index is 1280. The van der Waals surface area contributed by atoms with E-state index in [-0.39, 0.29) is 24.1 Å². The van der Waals surface area contributed by atoms with Crippen molar-refractivity contribution < 1.29 is 18.7 Å². The molecule has 2 N–H and O–H groups in total. The molecule has 10 heteroatoms.